The van der Waals surface area contributed by atoms with Crippen LogP contribution in [0.2, 0.25) is 0 Å². The molecule has 0 aromatic heterocycles. The normalized spacial score (nSPS) is 9.59. The van der Waals surface area contributed by atoms with Crippen molar-refractivity contribution < 1.29 is 14.0 Å². The van der Waals surface area contributed by atoms with Crippen molar-refractivity contribution >= 4 is 23.3 Å². The molecule has 0 N–H and O–H groups in total. The van der Waals surface area contributed by atoms with Gasteiger partial charge in [-0.05, 0) is 31.9 Å². The van der Waals surface area contributed by atoms with Crippen LogP contribution in [0.4, 0.5) is 0 Å². The number of benzene rings is 1. The highest BCUT2D eigenvalue weighted by atomic mass is 79.9. The number of rotatable bonds is 3. The van der Waals surface area contributed by atoms with Crippen LogP contribution in [0.15, 0.2) is 16.6 Å². The molecule has 0 radical (unpaired) electrons. The molecule has 0 aliphatic rings. The predicted octanol–water partition coefficient (Wildman–Crippen LogP) is 3.28. The van der Waals surface area contributed by atoms with Gasteiger partial charge < -0.3 is 14.0 Å². The van der Waals surface area contributed by atoms with Crippen molar-refractivity contribution in [3.05, 3.63) is 33.3 Å². The van der Waals surface area contributed by atoms with E-state index in [1.165, 1.54) is 42.5 Å². The Morgan fingerprint density at radius 2 is 1.24 bits per heavy atom. The lowest BCUT2D eigenvalue weighted by Crippen LogP contribution is -2.21. The summed E-state index contributed by atoms with van der Waals surface area (Å²) in [6.45, 7) is 6.35. The molecule has 0 spiro atoms. The van der Waals surface area contributed by atoms with Crippen LogP contribution in [0.5, 0.6) is 0 Å². The van der Waals surface area contributed by atoms with E-state index in [9.17, 15) is 0 Å². The molecule has 0 saturated carbocycles. The molecular weight excluding hydrogens is 283 g/mol. The van der Waals surface area contributed by atoms with E-state index in [4.69, 9.17) is 0 Å². The third-order valence-electron chi connectivity index (χ3n) is 2.16. The summed E-state index contributed by atoms with van der Waals surface area (Å²) < 4.78 is 15.0. The van der Waals surface area contributed by atoms with Gasteiger partial charge in [-0.15, -0.1) is 0 Å². The van der Waals surface area contributed by atoms with Crippen molar-refractivity contribution in [2.75, 3.05) is 21.3 Å². The van der Waals surface area contributed by atoms with Gasteiger partial charge in [0.05, 0.1) is 0 Å². The second-order valence-corrected chi connectivity index (χ2v) is 4.50. The fourth-order valence-electron chi connectivity index (χ4n) is 1.45. The van der Waals surface area contributed by atoms with Gasteiger partial charge in [-0.1, -0.05) is 33.6 Å². The largest absolute Gasteiger partial charge is 0.638 e. The van der Waals surface area contributed by atoms with Crippen molar-refractivity contribution in [2.45, 2.75) is 20.8 Å². The van der Waals surface area contributed by atoms with Crippen LogP contribution in [0, 0.1) is 20.8 Å². The van der Waals surface area contributed by atoms with E-state index in [2.05, 4.69) is 62.8 Å². The highest BCUT2D eigenvalue weighted by molar-refractivity contribution is 9.10. The van der Waals surface area contributed by atoms with Crippen LogP contribution < -0.4 is 0 Å². The minimum atomic E-state index is -0.514. The fourth-order valence-corrected chi connectivity index (χ4v) is 1.68. The van der Waals surface area contributed by atoms with E-state index in [0.717, 1.165) is 0 Å². The lowest BCUT2D eigenvalue weighted by atomic mass is 10.1. The highest BCUT2D eigenvalue weighted by Gasteiger charge is 2.12. The molecule has 0 atom stereocenters. The summed E-state index contributed by atoms with van der Waals surface area (Å²) in [7, 11) is 4.02. The molecule has 0 unspecified atom stereocenters. The molecule has 17 heavy (non-hydrogen) atoms. The average Bonchev–Trinajstić information content (AvgIpc) is 2.29. The maximum absolute atomic E-state index is 4.60. The molecule has 0 bridgehead atoms. The van der Waals surface area contributed by atoms with Gasteiger partial charge in [0.25, 0.3) is 0 Å². The first kappa shape index (κ1) is 16.6. The van der Waals surface area contributed by atoms with E-state index in [1.54, 1.807) is 0 Å². The Kier molecular flexibility index (Phi) is 8.51. The van der Waals surface area contributed by atoms with E-state index in [0.29, 0.717) is 0 Å². The van der Waals surface area contributed by atoms with E-state index < -0.39 is 7.32 Å². The van der Waals surface area contributed by atoms with Gasteiger partial charge in [-0.2, -0.15) is 0 Å². The quantitative estimate of drug-likeness (QED) is 0.802. The molecule has 0 aliphatic heterocycles. The molecule has 0 fully saturated rings. The third-order valence-corrected chi connectivity index (χ3v) is 3.41. The van der Waals surface area contributed by atoms with Gasteiger partial charge in [0, 0.05) is 25.8 Å². The topological polar surface area (TPSA) is 27.7 Å². The number of halogens is 1. The molecule has 3 nitrogen and oxygen atoms in total. The maximum atomic E-state index is 4.60. The van der Waals surface area contributed by atoms with E-state index in [-0.39, 0.29) is 0 Å². The SMILES string of the molecule is COB(OC)OC.Cc1cc(C)c(Br)c(C)c1. The van der Waals surface area contributed by atoms with Crippen molar-refractivity contribution in [3.8, 4) is 0 Å². The zero-order chi connectivity index (χ0) is 13.4. The third kappa shape index (κ3) is 6.22. The van der Waals surface area contributed by atoms with Gasteiger partial charge >= 0.3 is 7.32 Å². The first-order chi connectivity index (χ1) is 7.96. The second-order valence-electron chi connectivity index (χ2n) is 3.71. The summed E-state index contributed by atoms with van der Waals surface area (Å²) >= 11 is 3.51. The zero-order valence-electron chi connectivity index (χ0n) is 11.3. The molecule has 5 heteroatoms. The molecule has 0 heterocycles. The van der Waals surface area contributed by atoms with Gasteiger partial charge in [0.15, 0.2) is 0 Å². The van der Waals surface area contributed by atoms with Crippen LogP contribution in [0.3, 0.4) is 0 Å². The van der Waals surface area contributed by atoms with Crippen LogP contribution >= 0.6 is 15.9 Å². The van der Waals surface area contributed by atoms with Crippen molar-refractivity contribution in [1.82, 2.24) is 0 Å². The number of hydrogen-bond donors (Lipinski definition) is 0. The fraction of sp³-hybridized carbons (Fsp3) is 0.500. The van der Waals surface area contributed by atoms with Crippen molar-refractivity contribution in [2.24, 2.45) is 0 Å². The van der Waals surface area contributed by atoms with E-state index >= 15 is 0 Å². The van der Waals surface area contributed by atoms with Gasteiger partial charge in [-0.25, -0.2) is 0 Å². The highest BCUT2D eigenvalue weighted by Crippen LogP contribution is 2.21. The van der Waals surface area contributed by atoms with Crippen molar-refractivity contribution in [3.63, 3.8) is 0 Å². The molecule has 1 aromatic carbocycles. The summed E-state index contributed by atoms with van der Waals surface area (Å²) in [5.74, 6) is 0. The van der Waals surface area contributed by atoms with Crippen LogP contribution in [0.1, 0.15) is 16.7 Å². The van der Waals surface area contributed by atoms with Crippen LogP contribution in [-0.4, -0.2) is 28.7 Å². The Morgan fingerprint density at radius 3 is 1.47 bits per heavy atom. The summed E-state index contributed by atoms with van der Waals surface area (Å²) in [6, 6.07) is 4.36. The molecule has 96 valence electrons. The molecule has 0 saturated heterocycles. The number of aryl methyl sites for hydroxylation is 3. The smallest absolute Gasteiger partial charge is 0.389 e. The first-order valence-corrected chi connectivity index (χ1v) is 6.07. The summed E-state index contributed by atoms with van der Waals surface area (Å²) in [4.78, 5) is 0. The Morgan fingerprint density at radius 1 is 0.882 bits per heavy atom. The average molecular weight is 303 g/mol. The summed E-state index contributed by atoms with van der Waals surface area (Å²) in [5, 5.41) is 0. The Balaban J connectivity index is 0.000000325. The molecule has 0 amide bonds. The first-order valence-electron chi connectivity index (χ1n) is 5.28. The molecule has 0 aliphatic carbocycles. The standard InChI is InChI=1S/C9H11Br.C3H9BO3/c1-6-4-7(2)9(10)8(3)5-6;1-5-4(6-2)7-3/h4-5H,1-3H3;1-3H3. The summed E-state index contributed by atoms with van der Waals surface area (Å²) in [5.41, 5.74) is 3.97. The minimum Gasteiger partial charge on any atom is -0.389 e. The Labute approximate surface area is 113 Å². The number of hydrogen-bond acceptors (Lipinski definition) is 3. The summed E-state index contributed by atoms with van der Waals surface area (Å²) in [6.07, 6.45) is 0. The Hall–Kier alpha value is -0.355. The second kappa shape index (κ2) is 8.69. The Bertz CT molecular complexity index is 312. The predicted molar refractivity (Wildman–Crippen MR) is 75.1 cm³/mol. The molecular formula is C12H20BBrO3. The molecule has 1 aromatic rings. The van der Waals surface area contributed by atoms with Gasteiger partial charge in [0.2, 0.25) is 0 Å². The van der Waals surface area contributed by atoms with Gasteiger partial charge in [0.1, 0.15) is 0 Å². The van der Waals surface area contributed by atoms with Crippen LogP contribution in [-0.2, 0) is 14.0 Å². The van der Waals surface area contributed by atoms with Crippen LogP contribution in [0.25, 0.3) is 0 Å². The zero-order valence-corrected chi connectivity index (χ0v) is 12.9. The lowest BCUT2D eigenvalue weighted by molar-refractivity contribution is 0.163. The molecule has 1 rings (SSSR count). The lowest BCUT2D eigenvalue weighted by Gasteiger charge is -2.03. The van der Waals surface area contributed by atoms with Crippen molar-refractivity contribution in [1.29, 1.82) is 0 Å². The van der Waals surface area contributed by atoms with E-state index in [1.807, 2.05) is 0 Å². The maximum Gasteiger partial charge on any atom is 0.638 e. The monoisotopic (exact) mass is 302 g/mol. The minimum absolute atomic E-state index is 0.514. The van der Waals surface area contributed by atoms with Gasteiger partial charge in [-0.3, -0.25) is 0 Å².